The SMILES string of the molecule is O=C(Nc1ccccc1)OC1CCN(c2ncnc3sccc23)C1. The number of thiophene rings is 1. The average molecular weight is 340 g/mol. The highest BCUT2D eigenvalue weighted by molar-refractivity contribution is 7.16. The number of para-hydroxylation sites is 1. The Morgan fingerprint density at radius 3 is 3.00 bits per heavy atom. The van der Waals surface area contributed by atoms with Crippen molar-refractivity contribution < 1.29 is 9.53 Å². The summed E-state index contributed by atoms with van der Waals surface area (Å²) in [6, 6.07) is 11.3. The number of anilines is 2. The summed E-state index contributed by atoms with van der Waals surface area (Å²) >= 11 is 1.60. The van der Waals surface area contributed by atoms with Gasteiger partial charge in [-0.1, -0.05) is 18.2 Å². The van der Waals surface area contributed by atoms with Gasteiger partial charge in [0.05, 0.1) is 11.9 Å². The maximum absolute atomic E-state index is 12.0. The first-order valence-electron chi connectivity index (χ1n) is 7.75. The van der Waals surface area contributed by atoms with Crippen LogP contribution in [0, 0.1) is 0 Å². The number of ether oxygens (including phenoxy) is 1. The second-order valence-electron chi connectivity index (χ2n) is 5.59. The van der Waals surface area contributed by atoms with Crippen molar-refractivity contribution in [3.8, 4) is 0 Å². The number of carbonyl (C=O) groups is 1. The van der Waals surface area contributed by atoms with Gasteiger partial charge in [-0.05, 0) is 23.6 Å². The molecule has 1 amide bonds. The third-order valence-corrected chi connectivity index (χ3v) is 4.80. The van der Waals surface area contributed by atoms with Crippen molar-refractivity contribution in [1.82, 2.24) is 9.97 Å². The van der Waals surface area contributed by atoms with Gasteiger partial charge in [-0.25, -0.2) is 14.8 Å². The number of nitrogens with zero attached hydrogens (tertiary/aromatic N) is 3. The summed E-state index contributed by atoms with van der Waals surface area (Å²) in [5.41, 5.74) is 0.730. The molecule has 122 valence electrons. The molecule has 0 saturated carbocycles. The van der Waals surface area contributed by atoms with Crippen LogP contribution in [0.25, 0.3) is 10.2 Å². The first-order chi connectivity index (χ1) is 11.8. The Hall–Kier alpha value is -2.67. The van der Waals surface area contributed by atoms with Crippen molar-refractivity contribution in [1.29, 1.82) is 0 Å². The lowest BCUT2D eigenvalue weighted by Crippen LogP contribution is -2.27. The molecule has 1 unspecified atom stereocenters. The van der Waals surface area contributed by atoms with E-state index in [4.69, 9.17) is 4.74 Å². The molecule has 6 nitrogen and oxygen atoms in total. The van der Waals surface area contributed by atoms with E-state index in [9.17, 15) is 4.79 Å². The van der Waals surface area contributed by atoms with Gasteiger partial charge in [-0.2, -0.15) is 0 Å². The van der Waals surface area contributed by atoms with Gasteiger partial charge < -0.3 is 9.64 Å². The quantitative estimate of drug-likeness (QED) is 0.790. The van der Waals surface area contributed by atoms with Crippen LogP contribution in [0.2, 0.25) is 0 Å². The lowest BCUT2D eigenvalue weighted by molar-refractivity contribution is 0.122. The van der Waals surface area contributed by atoms with E-state index in [1.807, 2.05) is 41.8 Å². The van der Waals surface area contributed by atoms with E-state index >= 15 is 0 Å². The molecule has 1 aliphatic heterocycles. The van der Waals surface area contributed by atoms with Crippen molar-refractivity contribution in [2.75, 3.05) is 23.3 Å². The highest BCUT2D eigenvalue weighted by Crippen LogP contribution is 2.29. The Morgan fingerprint density at radius 2 is 2.12 bits per heavy atom. The molecule has 1 N–H and O–H groups in total. The fraction of sp³-hybridized carbons (Fsp3) is 0.235. The van der Waals surface area contributed by atoms with Crippen LogP contribution < -0.4 is 10.2 Å². The van der Waals surface area contributed by atoms with Gasteiger partial charge in [0.25, 0.3) is 0 Å². The lowest BCUT2D eigenvalue weighted by atomic mass is 10.3. The molecular weight excluding hydrogens is 324 g/mol. The Labute approximate surface area is 143 Å². The molecule has 2 aromatic heterocycles. The van der Waals surface area contributed by atoms with Crippen LogP contribution in [0.15, 0.2) is 48.1 Å². The predicted octanol–water partition coefficient (Wildman–Crippen LogP) is 3.52. The summed E-state index contributed by atoms with van der Waals surface area (Å²) in [7, 11) is 0. The Morgan fingerprint density at radius 1 is 1.25 bits per heavy atom. The third-order valence-electron chi connectivity index (χ3n) is 3.98. The van der Waals surface area contributed by atoms with E-state index in [1.54, 1.807) is 17.7 Å². The van der Waals surface area contributed by atoms with Gasteiger partial charge in [0.2, 0.25) is 0 Å². The fourth-order valence-corrected chi connectivity index (χ4v) is 3.59. The zero-order chi connectivity index (χ0) is 16.4. The number of aromatic nitrogens is 2. The van der Waals surface area contributed by atoms with Crippen molar-refractivity contribution in [3.05, 3.63) is 48.1 Å². The molecule has 0 aliphatic carbocycles. The van der Waals surface area contributed by atoms with Crippen LogP contribution in [0.3, 0.4) is 0 Å². The van der Waals surface area contributed by atoms with Crippen molar-refractivity contribution >= 4 is 39.2 Å². The van der Waals surface area contributed by atoms with Gasteiger partial charge >= 0.3 is 6.09 Å². The second-order valence-corrected chi connectivity index (χ2v) is 6.48. The van der Waals surface area contributed by atoms with Gasteiger partial charge in [-0.3, -0.25) is 5.32 Å². The van der Waals surface area contributed by atoms with Crippen molar-refractivity contribution in [3.63, 3.8) is 0 Å². The van der Waals surface area contributed by atoms with E-state index in [-0.39, 0.29) is 6.10 Å². The zero-order valence-electron chi connectivity index (χ0n) is 12.9. The molecule has 0 bridgehead atoms. The van der Waals surface area contributed by atoms with E-state index in [0.29, 0.717) is 6.54 Å². The number of hydrogen-bond acceptors (Lipinski definition) is 6. The molecule has 1 atom stereocenters. The maximum Gasteiger partial charge on any atom is 0.411 e. The highest BCUT2D eigenvalue weighted by atomic mass is 32.1. The largest absolute Gasteiger partial charge is 0.444 e. The average Bonchev–Trinajstić information content (AvgIpc) is 3.24. The van der Waals surface area contributed by atoms with Crippen molar-refractivity contribution in [2.24, 2.45) is 0 Å². The topological polar surface area (TPSA) is 67.3 Å². The van der Waals surface area contributed by atoms with Crippen LogP contribution in [0.5, 0.6) is 0 Å². The smallest absolute Gasteiger partial charge is 0.411 e. The Balaban J connectivity index is 1.40. The molecule has 3 heterocycles. The maximum atomic E-state index is 12.0. The zero-order valence-corrected chi connectivity index (χ0v) is 13.7. The number of nitrogens with one attached hydrogen (secondary N) is 1. The summed E-state index contributed by atoms with van der Waals surface area (Å²) in [5.74, 6) is 0.913. The van der Waals surface area contributed by atoms with Gasteiger partial charge in [0.15, 0.2) is 0 Å². The normalized spacial score (nSPS) is 17.2. The van der Waals surface area contributed by atoms with Crippen molar-refractivity contribution in [2.45, 2.75) is 12.5 Å². The van der Waals surface area contributed by atoms with Gasteiger partial charge in [0, 0.05) is 18.7 Å². The predicted molar refractivity (Wildman–Crippen MR) is 94.6 cm³/mol. The first-order valence-corrected chi connectivity index (χ1v) is 8.63. The molecule has 1 aliphatic rings. The summed E-state index contributed by atoms with van der Waals surface area (Å²) < 4.78 is 5.53. The van der Waals surface area contributed by atoms with Crippen LogP contribution >= 0.6 is 11.3 Å². The number of carbonyl (C=O) groups excluding carboxylic acids is 1. The number of hydrogen-bond donors (Lipinski definition) is 1. The Bertz CT molecular complexity index is 852. The second kappa shape index (κ2) is 6.45. The molecule has 3 aromatic rings. The summed E-state index contributed by atoms with van der Waals surface area (Å²) in [6.45, 7) is 1.45. The first kappa shape index (κ1) is 14.9. The molecular formula is C17H16N4O2S. The molecule has 1 aromatic carbocycles. The van der Waals surface area contributed by atoms with Gasteiger partial charge in [0.1, 0.15) is 23.1 Å². The van der Waals surface area contributed by atoms with Crippen LogP contribution in [-0.4, -0.2) is 35.3 Å². The molecule has 4 rings (SSSR count). The van der Waals surface area contributed by atoms with Crippen LogP contribution in [0.4, 0.5) is 16.3 Å². The third kappa shape index (κ3) is 3.03. The molecule has 24 heavy (non-hydrogen) atoms. The summed E-state index contributed by atoms with van der Waals surface area (Å²) in [4.78, 5) is 23.8. The molecule has 7 heteroatoms. The van der Waals surface area contributed by atoms with Gasteiger partial charge in [-0.15, -0.1) is 11.3 Å². The van der Waals surface area contributed by atoms with Crippen LogP contribution in [0.1, 0.15) is 6.42 Å². The minimum atomic E-state index is -0.420. The summed E-state index contributed by atoms with van der Waals surface area (Å²) in [6.07, 6.45) is 1.82. The van der Waals surface area contributed by atoms with E-state index in [1.165, 1.54) is 0 Å². The molecule has 1 saturated heterocycles. The monoisotopic (exact) mass is 340 g/mol. The molecule has 0 radical (unpaired) electrons. The van der Waals surface area contributed by atoms with Crippen LogP contribution in [-0.2, 0) is 4.74 Å². The Kier molecular flexibility index (Phi) is 4.00. The minimum Gasteiger partial charge on any atom is -0.444 e. The molecule has 1 fully saturated rings. The number of benzene rings is 1. The van der Waals surface area contributed by atoms with E-state index in [0.717, 1.165) is 34.7 Å². The minimum absolute atomic E-state index is 0.141. The summed E-state index contributed by atoms with van der Waals surface area (Å²) in [5, 5.41) is 5.81. The van der Waals surface area contributed by atoms with E-state index in [2.05, 4.69) is 20.2 Å². The molecule has 0 spiro atoms. The van der Waals surface area contributed by atoms with E-state index < -0.39 is 6.09 Å². The lowest BCUT2D eigenvalue weighted by Gasteiger charge is -2.18. The number of rotatable bonds is 3. The highest BCUT2D eigenvalue weighted by Gasteiger charge is 2.27. The number of fused-ring (bicyclic) bond motifs is 1. The fourth-order valence-electron chi connectivity index (χ4n) is 2.87. The number of amides is 1. The standard InChI is InChI=1S/C17H16N4O2S/c22-17(20-12-4-2-1-3-5-12)23-13-6-8-21(10-13)15-14-7-9-24-16(14)19-11-18-15/h1-5,7,9,11,13H,6,8,10H2,(H,20,22).